The number of hydrogen-bond acceptors (Lipinski definition) is 1. The van der Waals surface area contributed by atoms with Gasteiger partial charge in [0.15, 0.2) is 0 Å². The van der Waals surface area contributed by atoms with Crippen molar-refractivity contribution in [1.82, 2.24) is 4.90 Å². The number of hydrogen-bond donors (Lipinski definition) is 0. The summed E-state index contributed by atoms with van der Waals surface area (Å²) in [4.78, 5) is 2.39. The maximum absolute atomic E-state index is 13.9. The van der Waals surface area contributed by atoms with E-state index in [0.717, 1.165) is 18.3 Å². The monoisotopic (exact) mass is 333 g/mol. The van der Waals surface area contributed by atoms with Gasteiger partial charge in [0.05, 0.1) is 5.02 Å². The zero-order chi connectivity index (χ0) is 13.0. The van der Waals surface area contributed by atoms with E-state index in [1.165, 1.54) is 19.3 Å². The summed E-state index contributed by atoms with van der Waals surface area (Å²) in [5.74, 6) is -0.262. The molecule has 1 nitrogen and oxygen atoms in total. The molecule has 18 heavy (non-hydrogen) atoms. The average Bonchev–Trinajstić information content (AvgIpc) is 2.29. The molecule has 1 aromatic rings. The van der Waals surface area contributed by atoms with Gasteiger partial charge in [0.2, 0.25) is 0 Å². The summed E-state index contributed by atoms with van der Waals surface area (Å²) in [5.41, 5.74) is 0.712. The van der Waals surface area contributed by atoms with Gasteiger partial charge in [-0.1, -0.05) is 46.1 Å². The van der Waals surface area contributed by atoms with Crippen LogP contribution in [0.5, 0.6) is 0 Å². The molecule has 0 amide bonds. The summed E-state index contributed by atoms with van der Waals surface area (Å²) in [6, 6.07) is 5.89. The van der Waals surface area contributed by atoms with E-state index < -0.39 is 0 Å². The molecule has 0 heterocycles. The highest BCUT2D eigenvalue weighted by molar-refractivity contribution is 9.09. The number of nitrogens with zero attached hydrogens (tertiary/aromatic N) is 1. The SMILES string of the molecule is Fc1c(Cl)cccc1CN(CCCBr)C1CCC1. The number of rotatable bonds is 6. The van der Waals surface area contributed by atoms with Gasteiger partial charge in [0.1, 0.15) is 5.82 Å². The van der Waals surface area contributed by atoms with Gasteiger partial charge in [-0.15, -0.1) is 0 Å². The van der Waals surface area contributed by atoms with Gasteiger partial charge in [-0.05, 0) is 31.9 Å². The Morgan fingerprint density at radius 2 is 2.17 bits per heavy atom. The van der Waals surface area contributed by atoms with Crippen LogP contribution in [-0.4, -0.2) is 22.8 Å². The van der Waals surface area contributed by atoms with Crippen LogP contribution in [0.4, 0.5) is 4.39 Å². The minimum Gasteiger partial charge on any atom is -0.296 e. The van der Waals surface area contributed by atoms with E-state index in [1.807, 2.05) is 12.1 Å². The highest BCUT2D eigenvalue weighted by atomic mass is 79.9. The van der Waals surface area contributed by atoms with Gasteiger partial charge in [0, 0.05) is 23.5 Å². The van der Waals surface area contributed by atoms with Crippen molar-refractivity contribution in [3.05, 3.63) is 34.6 Å². The van der Waals surface area contributed by atoms with Gasteiger partial charge in [-0.3, -0.25) is 4.90 Å². The summed E-state index contributed by atoms with van der Waals surface area (Å²) < 4.78 is 13.9. The van der Waals surface area contributed by atoms with E-state index in [2.05, 4.69) is 20.8 Å². The van der Waals surface area contributed by atoms with Gasteiger partial charge < -0.3 is 0 Å². The average molecular weight is 335 g/mol. The molecule has 1 saturated carbocycles. The molecular formula is C14H18BrClFN. The maximum Gasteiger partial charge on any atom is 0.146 e. The fraction of sp³-hybridized carbons (Fsp3) is 0.571. The largest absolute Gasteiger partial charge is 0.296 e. The first-order valence-electron chi connectivity index (χ1n) is 6.45. The zero-order valence-electron chi connectivity index (χ0n) is 10.3. The van der Waals surface area contributed by atoms with Crippen LogP contribution < -0.4 is 0 Å². The third-order valence-corrected chi connectivity index (χ3v) is 4.43. The van der Waals surface area contributed by atoms with Gasteiger partial charge in [0.25, 0.3) is 0 Å². The van der Waals surface area contributed by atoms with Crippen LogP contribution in [-0.2, 0) is 6.54 Å². The van der Waals surface area contributed by atoms with Gasteiger partial charge in [-0.25, -0.2) is 4.39 Å². The minimum absolute atomic E-state index is 0.224. The Morgan fingerprint density at radius 3 is 2.78 bits per heavy atom. The molecule has 0 atom stereocenters. The third kappa shape index (κ3) is 3.46. The molecule has 0 aromatic heterocycles. The van der Waals surface area contributed by atoms with Crippen LogP contribution in [0.25, 0.3) is 0 Å². The molecule has 0 N–H and O–H groups in total. The molecule has 4 heteroatoms. The third-order valence-electron chi connectivity index (χ3n) is 3.58. The Labute approximate surface area is 121 Å². The van der Waals surface area contributed by atoms with Crippen molar-refractivity contribution in [2.45, 2.75) is 38.3 Å². The predicted molar refractivity (Wildman–Crippen MR) is 77.9 cm³/mol. The van der Waals surface area contributed by atoms with Crippen LogP contribution in [0.3, 0.4) is 0 Å². The van der Waals surface area contributed by atoms with E-state index in [-0.39, 0.29) is 10.8 Å². The van der Waals surface area contributed by atoms with Crippen LogP contribution in [0.1, 0.15) is 31.2 Å². The predicted octanol–water partition coefficient (Wildman–Crippen LogP) is 4.62. The molecule has 0 radical (unpaired) electrons. The molecule has 0 unspecified atom stereocenters. The van der Waals surface area contributed by atoms with Crippen molar-refractivity contribution in [2.75, 3.05) is 11.9 Å². The summed E-state index contributed by atoms with van der Waals surface area (Å²) in [6.45, 7) is 1.69. The molecule has 100 valence electrons. The Hall–Kier alpha value is -0.120. The molecule has 1 aliphatic carbocycles. The molecule has 1 aromatic carbocycles. The van der Waals surface area contributed by atoms with Crippen LogP contribution >= 0.6 is 27.5 Å². The topological polar surface area (TPSA) is 3.24 Å². The second-order valence-corrected chi connectivity index (χ2v) is 6.01. The standard InChI is InChI=1S/C14H18BrClFN/c15-8-3-9-18(12-5-2-6-12)10-11-4-1-7-13(16)14(11)17/h1,4,7,12H,2-3,5-6,8-10H2. The van der Waals surface area contributed by atoms with Crippen LogP contribution in [0.2, 0.25) is 5.02 Å². The maximum atomic E-state index is 13.9. The van der Waals surface area contributed by atoms with Crippen molar-refractivity contribution in [2.24, 2.45) is 0 Å². The summed E-state index contributed by atoms with van der Waals surface area (Å²) in [7, 11) is 0. The fourth-order valence-electron chi connectivity index (χ4n) is 2.29. The quantitative estimate of drug-likeness (QED) is 0.686. The van der Waals surface area contributed by atoms with Crippen molar-refractivity contribution in [3.63, 3.8) is 0 Å². The Morgan fingerprint density at radius 1 is 1.39 bits per heavy atom. The van der Waals surface area contributed by atoms with Crippen molar-refractivity contribution in [3.8, 4) is 0 Å². The highest BCUT2D eigenvalue weighted by Gasteiger charge is 2.25. The van der Waals surface area contributed by atoms with E-state index >= 15 is 0 Å². The fourth-order valence-corrected chi connectivity index (χ4v) is 2.74. The zero-order valence-corrected chi connectivity index (χ0v) is 12.7. The molecule has 0 aliphatic heterocycles. The Kier molecular flexibility index (Phi) is 5.46. The number of alkyl halides is 1. The normalized spacial score (nSPS) is 16.0. The Bertz CT molecular complexity index is 395. The summed E-state index contributed by atoms with van der Waals surface area (Å²) in [5, 5.41) is 1.22. The van der Waals surface area contributed by atoms with Crippen molar-refractivity contribution >= 4 is 27.5 Å². The van der Waals surface area contributed by atoms with E-state index in [9.17, 15) is 4.39 Å². The van der Waals surface area contributed by atoms with E-state index in [1.54, 1.807) is 6.07 Å². The summed E-state index contributed by atoms with van der Waals surface area (Å²) >= 11 is 9.28. The highest BCUT2D eigenvalue weighted by Crippen LogP contribution is 2.28. The molecule has 1 fully saturated rings. The smallest absolute Gasteiger partial charge is 0.146 e. The second-order valence-electron chi connectivity index (χ2n) is 4.81. The Balaban J connectivity index is 2.04. The molecule has 1 aliphatic rings. The minimum atomic E-state index is -0.262. The summed E-state index contributed by atoms with van der Waals surface area (Å²) in [6.07, 6.45) is 4.88. The molecular weight excluding hydrogens is 317 g/mol. The first kappa shape index (κ1) is 14.3. The van der Waals surface area contributed by atoms with Crippen molar-refractivity contribution in [1.29, 1.82) is 0 Å². The van der Waals surface area contributed by atoms with Crippen LogP contribution in [0.15, 0.2) is 18.2 Å². The lowest BCUT2D eigenvalue weighted by Crippen LogP contribution is -2.40. The lowest BCUT2D eigenvalue weighted by molar-refractivity contribution is 0.119. The molecule has 2 rings (SSSR count). The number of halogens is 3. The van der Waals surface area contributed by atoms with Gasteiger partial charge >= 0.3 is 0 Å². The van der Waals surface area contributed by atoms with Gasteiger partial charge in [-0.2, -0.15) is 0 Å². The van der Waals surface area contributed by atoms with E-state index in [0.29, 0.717) is 18.2 Å². The molecule has 0 bridgehead atoms. The van der Waals surface area contributed by atoms with Crippen molar-refractivity contribution < 1.29 is 4.39 Å². The second kappa shape index (κ2) is 6.88. The molecule has 0 spiro atoms. The first-order chi connectivity index (χ1) is 8.72. The molecule has 0 saturated heterocycles. The van der Waals surface area contributed by atoms with E-state index in [4.69, 9.17) is 11.6 Å². The lowest BCUT2D eigenvalue weighted by Gasteiger charge is -2.37. The number of benzene rings is 1. The first-order valence-corrected chi connectivity index (χ1v) is 7.95. The van der Waals surface area contributed by atoms with Crippen LogP contribution in [0, 0.1) is 5.82 Å². The lowest BCUT2D eigenvalue weighted by atomic mass is 9.91.